The van der Waals surface area contributed by atoms with Gasteiger partial charge in [0.15, 0.2) is 0 Å². The van der Waals surface area contributed by atoms with Gasteiger partial charge in [-0.25, -0.2) is 4.98 Å². The number of carbonyl (C=O) groups is 2. The van der Waals surface area contributed by atoms with E-state index in [1.165, 1.54) is 0 Å². The van der Waals surface area contributed by atoms with Crippen LogP contribution in [-0.2, 0) is 16.1 Å². The largest absolute Gasteiger partial charge is 0.341 e. The number of nitrogens with one attached hydrogen (secondary N) is 1. The Morgan fingerprint density at radius 1 is 1.19 bits per heavy atom. The Balaban J connectivity index is 1.30. The Morgan fingerprint density at radius 3 is 2.52 bits per heavy atom. The zero-order valence-electron chi connectivity index (χ0n) is 15.9. The van der Waals surface area contributed by atoms with E-state index >= 15 is 0 Å². The molecular weight excluding hydrogens is 340 g/mol. The summed E-state index contributed by atoms with van der Waals surface area (Å²) in [5.74, 6) is 0.321. The molecule has 1 aliphatic carbocycles. The van der Waals surface area contributed by atoms with Gasteiger partial charge in [0.05, 0.1) is 6.33 Å². The molecule has 0 bridgehead atoms. The molecule has 1 saturated heterocycles. The standard InChI is InChI=1S/C21H26N4O2/c1-15-9-16(2)11-17(10-15)23-20(27)18-12-21(18)3-6-25(7-4-21)19(26)13-24-8-5-22-14-24/h5,8-11,14,18H,3-4,6-7,12-13H2,1-2H3,(H,23,27)/t18-/m1/s1. The van der Waals surface area contributed by atoms with Gasteiger partial charge in [0.1, 0.15) is 6.54 Å². The van der Waals surface area contributed by atoms with Crippen molar-refractivity contribution in [2.45, 2.75) is 39.7 Å². The third-order valence-electron chi connectivity index (χ3n) is 5.98. The molecule has 2 fully saturated rings. The van der Waals surface area contributed by atoms with Crippen LogP contribution in [-0.4, -0.2) is 39.4 Å². The van der Waals surface area contributed by atoms with E-state index in [1.54, 1.807) is 23.3 Å². The predicted molar refractivity (Wildman–Crippen MR) is 103 cm³/mol. The fourth-order valence-electron chi connectivity index (χ4n) is 4.39. The Hall–Kier alpha value is -2.63. The quantitative estimate of drug-likeness (QED) is 0.905. The van der Waals surface area contributed by atoms with Crippen molar-refractivity contribution >= 4 is 17.5 Å². The van der Waals surface area contributed by atoms with Gasteiger partial charge in [0.25, 0.3) is 0 Å². The molecule has 1 aromatic carbocycles. The van der Waals surface area contributed by atoms with Gasteiger partial charge in [-0.2, -0.15) is 0 Å². The number of anilines is 1. The van der Waals surface area contributed by atoms with Crippen molar-refractivity contribution in [1.29, 1.82) is 0 Å². The minimum absolute atomic E-state index is 0.0734. The average molecular weight is 366 g/mol. The van der Waals surface area contributed by atoms with E-state index in [1.807, 2.05) is 30.9 Å². The van der Waals surface area contributed by atoms with Gasteiger partial charge in [-0.15, -0.1) is 0 Å². The monoisotopic (exact) mass is 366 g/mol. The fourth-order valence-corrected chi connectivity index (χ4v) is 4.39. The van der Waals surface area contributed by atoms with Crippen LogP contribution in [0.2, 0.25) is 0 Å². The van der Waals surface area contributed by atoms with Gasteiger partial charge in [0, 0.05) is 37.1 Å². The van der Waals surface area contributed by atoms with E-state index in [-0.39, 0.29) is 23.1 Å². The number of rotatable bonds is 4. The average Bonchev–Trinajstić information content (AvgIpc) is 3.06. The molecule has 6 heteroatoms. The van der Waals surface area contributed by atoms with E-state index in [4.69, 9.17) is 0 Å². The molecule has 4 rings (SSSR count). The molecule has 1 atom stereocenters. The highest BCUT2D eigenvalue weighted by Crippen LogP contribution is 2.59. The lowest BCUT2D eigenvalue weighted by atomic mass is 9.90. The second kappa shape index (κ2) is 6.83. The summed E-state index contributed by atoms with van der Waals surface area (Å²) in [6, 6.07) is 6.12. The van der Waals surface area contributed by atoms with Crippen molar-refractivity contribution < 1.29 is 9.59 Å². The van der Waals surface area contributed by atoms with Crippen molar-refractivity contribution in [1.82, 2.24) is 14.5 Å². The summed E-state index contributed by atoms with van der Waals surface area (Å²) in [7, 11) is 0. The number of piperidine rings is 1. The highest BCUT2D eigenvalue weighted by molar-refractivity contribution is 5.95. The molecule has 6 nitrogen and oxygen atoms in total. The molecule has 1 aromatic heterocycles. The number of aromatic nitrogens is 2. The minimum atomic E-state index is 0.0734. The highest BCUT2D eigenvalue weighted by atomic mass is 16.2. The van der Waals surface area contributed by atoms with Crippen LogP contribution >= 0.6 is 0 Å². The lowest BCUT2D eigenvalue weighted by Crippen LogP contribution is -2.41. The van der Waals surface area contributed by atoms with Gasteiger partial charge in [-0.05, 0) is 61.8 Å². The van der Waals surface area contributed by atoms with Crippen molar-refractivity contribution in [3.63, 3.8) is 0 Å². The summed E-state index contributed by atoms with van der Waals surface area (Å²) in [5.41, 5.74) is 3.28. The number of hydrogen-bond donors (Lipinski definition) is 1. The van der Waals surface area contributed by atoms with E-state index in [2.05, 4.69) is 16.4 Å². The molecule has 0 radical (unpaired) electrons. The van der Waals surface area contributed by atoms with Gasteiger partial charge in [-0.3, -0.25) is 9.59 Å². The normalized spacial score (nSPS) is 20.5. The van der Waals surface area contributed by atoms with Crippen LogP contribution in [0.4, 0.5) is 5.69 Å². The first-order chi connectivity index (χ1) is 12.9. The third-order valence-corrected chi connectivity index (χ3v) is 5.98. The van der Waals surface area contributed by atoms with Crippen LogP contribution in [0, 0.1) is 25.2 Å². The lowest BCUT2D eigenvalue weighted by molar-refractivity contribution is -0.133. The molecule has 1 N–H and O–H groups in total. The van der Waals surface area contributed by atoms with Crippen LogP contribution in [0.1, 0.15) is 30.4 Å². The Morgan fingerprint density at radius 2 is 1.89 bits per heavy atom. The first kappa shape index (κ1) is 17.8. The summed E-state index contributed by atoms with van der Waals surface area (Å²) in [5, 5.41) is 3.09. The molecule has 0 unspecified atom stereocenters. The molecule has 142 valence electrons. The number of likely N-dealkylation sites (tertiary alicyclic amines) is 1. The number of amides is 2. The first-order valence-electron chi connectivity index (χ1n) is 9.58. The number of imidazole rings is 1. The van der Waals surface area contributed by atoms with Crippen molar-refractivity contribution in [2.24, 2.45) is 11.3 Å². The maximum absolute atomic E-state index is 12.7. The van der Waals surface area contributed by atoms with E-state index < -0.39 is 0 Å². The van der Waals surface area contributed by atoms with Crippen molar-refractivity contribution in [3.8, 4) is 0 Å². The first-order valence-corrected chi connectivity index (χ1v) is 9.58. The second-order valence-corrected chi connectivity index (χ2v) is 8.10. The summed E-state index contributed by atoms with van der Waals surface area (Å²) in [6.45, 7) is 5.89. The summed E-state index contributed by atoms with van der Waals surface area (Å²) < 4.78 is 1.80. The molecular formula is C21H26N4O2. The predicted octanol–water partition coefficient (Wildman–Crippen LogP) is 2.77. The number of carbonyl (C=O) groups excluding carboxylic acids is 2. The molecule has 1 spiro atoms. The topological polar surface area (TPSA) is 67.2 Å². The number of hydrogen-bond acceptors (Lipinski definition) is 3. The highest BCUT2D eigenvalue weighted by Gasteiger charge is 2.58. The van der Waals surface area contributed by atoms with Crippen LogP contribution in [0.25, 0.3) is 0 Å². The number of benzene rings is 1. The summed E-state index contributed by atoms with van der Waals surface area (Å²) in [6.07, 6.45) is 7.91. The summed E-state index contributed by atoms with van der Waals surface area (Å²) >= 11 is 0. The zero-order valence-corrected chi connectivity index (χ0v) is 15.9. The molecule has 2 aliphatic rings. The van der Waals surface area contributed by atoms with Gasteiger partial charge in [-0.1, -0.05) is 6.07 Å². The van der Waals surface area contributed by atoms with Crippen molar-refractivity contribution in [3.05, 3.63) is 48.0 Å². The summed E-state index contributed by atoms with van der Waals surface area (Å²) in [4.78, 5) is 31.0. The molecule has 2 aromatic rings. The Labute approximate surface area is 159 Å². The van der Waals surface area contributed by atoms with E-state index in [0.717, 1.165) is 49.2 Å². The Bertz CT molecular complexity index is 831. The molecule has 1 aliphatic heterocycles. The smallest absolute Gasteiger partial charge is 0.242 e. The molecule has 27 heavy (non-hydrogen) atoms. The van der Waals surface area contributed by atoms with Crippen LogP contribution in [0.5, 0.6) is 0 Å². The maximum atomic E-state index is 12.7. The van der Waals surface area contributed by atoms with Crippen molar-refractivity contribution in [2.75, 3.05) is 18.4 Å². The zero-order chi connectivity index (χ0) is 19.0. The second-order valence-electron chi connectivity index (χ2n) is 8.10. The third kappa shape index (κ3) is 3.75. The van der Waals surface area contributed by atoms with E-state index in [0.29, 0.717) is 6.54 Å². The SMILES string of the molecule is Cc1cc(C)cc(NC(=O)[C@H]2CC23CCN(C(=O)Cn2ccnc2)CC3)c1. The Kier molecular flexibility index (Phi) is 4.50. The molecule has 1 saturated carbocycles. The van der Waals surface area contributed by atoms with E-state index in [9.17, 15) is 9.59 Å². The van der Waals surface area contributed by atoms with Crippen LogP contribution in [0.15, 0.2) is 36.9 Å². The lowest BCUT2D eigenvalue weighted by Gasteiger charge is -2.33. The maximum Gasteiger partial charge on any atom is 0.242 e. The van der Waals surface area contributed by atoms with Gasteiger partial charge in [0.2, 0.25) is 11.8 Å². The fraction of sp³-hybridized carbons (Fsp3) is 0.476. The van der Waals surface area contributed by atoms with Crippen LogP contribution in [0.3, 0.4) is 0 Å². The number of nitrogens with zero attached hydrogens (tertiary/aromatic N) is 3. The minimum Gasteiger partial charge on any atom is -0.341 e. The van der Waals surface area contributed by atoms with Crippen LogP contribution < -0.4 is 5.32 Å². The van der Waals surface area contributed by atoms with Gasteiger partial charge >= 0.3 is 0 Å². The molecule has 2 amide bonds. The molecule has 2 heterocycles. The van der Waals surface area contributed by atoms with Gasteiger partial charge < -0.3 is 14.8 Å². The number of aryl methyl sites for hydroxylation is 2.